The molecule has 3 aromatic rings. The molecule has 3 rings (SSSR count). The molecule has 9 nitrogen and oxygen atoms in total. The van der Waals surface area contributed by atoms with Crippen LogP contribution in [0.4, 0.5) is 0 Å². The fourth-order valence-corrected chi connectivity index (χ4v) is 2.71. The summed E-state index contributed by atoms with van der Waals surface area (Å²) in [5, 5.41) is 6.66. The molecule has 0 saturated heterocycles. The van der Waals surface area contributed by atoms with Gasteiger partial charge in [0.25, 0.3) is 17.4 Å². The molecule has 0 saturated carbocycles. The summed E-state index contributed by atoms with van der Waals surface area (Å²) in [5.41, 5.74) is -0.302. The number of nitrogens with zero attached hydrogens (tertiary/aromatic N) is 2. The van der Waals surface area contributed by atoms with Gasteiger partial charge in [0.05, 0.1) is 18.1 Å². The first-order valence-electron chi connectivity index (χ1n) is 8.52. The number of rotatable bonds is 5. The molecule has 2 aromatic carbocycles. The van der Waals surface area contributed by atoms with Crippen LogP contribution in [0.25, 0.3) is 10.8 Å². The molecule has 1 N–H and O–H groups in total. The molecule has 9 heteroatoms. The second-order valence-electron chi connectivity index (χ2n) is 5.98. The first-order chi connectivity index (χ1) is 13.9. The van der Waals surface area contributed by atoms with Crippen molar-refractivity contribution in [3.05, 3.63) is 70.1 Å². The lowest BCUT2D eigenvalue weighted by Gasteiger charge is -2.10. The van der Waals surface area contributed by atoms with E-state index in [9.17, 15) is 19.2 Å². The van der Waals surface area contributed by atoms with Crippen molar-refractivity contribution in [3.8, 4) is 5.75 Å². The van der Waals surface area contributed by atoms with Gasteiger partial charge in [-0.3, -0.25) is 19.7 Å². The predicted molar refractivity (Wildman–Crippen MR) is 103 cm³/mol. The Morgan fingerprint density at radius 3 is 2.41 bits per heavy atom. The number of nitrogens with one attached hydrogen (secondary N) is 1. The smallest absolute Gasteiger partial charge is 0.359 e. The lowest BCUT2D eigenvalue weighted by atomic mass is 10.1. The Morgan fingerprint density at radius 1 is 1.03 bits per heavy atom. The maximum absolute atomic E-state index is 12.4. The van der Waals surface area contributed by atoms with Gasteiger partial charge in [0.2, 0.25) is 0 Å². The monoisotopic (exact) mass is 395 g/mol. The highest BCUT2D eigenvalue weighted by Gasteiger charge is 2.20. The van der Waals surface area contributed by atoms with Gasteiger partial charge in [0.15, 0.2) is 12.3 Å². The Kier molecular flexibility index (Phi) is 5.68. The van der Waals surface area contributed by atoms with Crippen molar-refractivity contribution >= 4 is 28.6 Å². The number of carbonyl (C=O) groups excluding carboxylic acids is 3. The number of aromatic nitrogens is 2. The van der Waals surface area contributed by atoms with Gasteiger partial charge >= 0.3 is 5.97 Å². The minimum Gasteiger partial charge on any atom is -0.496 e. The summed E-state index contributed by atoms with van der Waals surface area (Å²) < 4.78 is 11.1. The molecule has 0 aliphatic rings. The third-order valence-corrected chi connectivity index (χ3v) is 4.09. The summed E-state index contributed by atoms with van der Waals surface area (Å²) in [4.78, 5) is 48.7. The van der Waals surface area contributed by atoms with Gasteiger partial charge < -0.3 is 9.47 Å². The van der Waals surface area contributed by atoms with Crippen LogP contribution in [-0.2, 0) is 16.6 Å². The molecule has 2 amide bonds. The van der Waals surface area contributed by atoms with E-state index in [2.05, 4.69) is 10.4 Å². The number of imide groups is 1. The summed E-state index contributed by atoms with van der Waals surface area (Å²) in [6.07, 6.45) is 0. The van der Waals surface area contributed by atoms with Crippen LogP contribution in [0.2, 0.25) is 0 Å². The third-order valence-electron chi connectivity index (χ3n) is 4.09. The Morgan fingerprint density at radius 2 is 1.69 bits per heavy atom. The maximum atomic E-state index is 12.4. The molecule has 0 atom stereocenters. The number of ether oxygens (including phenoxy) is 2. The average Bonchev–Trinajstić information content (AvgIpc) is 2.74. The SMILES string of the molecule is COc1ccccc1C(=O)NC(=O)COC(=O)c1nn(C)c(=O)c2ccccc12. The number of para-hydroxylation sites is 1. The van der Waals surface area contributed by atoms with Gasteiger partial charge in [0.1, 0.15) is 5.75 Å². The zero-order valence-electron chi connectivity index (χ0n) is 15.7. The van der Waals surface area contributed by atoms with E-state index in [0.29, 0.717) is 16.5 Å². The number of amides is 2. The molecule has 0 aliphatic carbocycles. The number of carbonyl (C=O) groups is 3. The van der Waals surface area contributed by atoms with Crippen LogP contribution in [-0.4, -0.2) is 41.3 Å². The second kappa shape index (κ2) is 8.34. The van der Waals surface area contributed by atoms with E-state index in [1.54, 1.807) is 42.5 Å². The van der Waals surface area contributed by atoms with Crippen molar-refractivity contribution in [3.63, 3.8) is 0 Å². The third kappa shape index (κ3) is 4.13. The second-order valence-corrected chi connectivity index (χ2v) is 5.98. The summed E-state index contributed by atoms with van der Waals surface area (Å²) in [5.74, 6) is -2.09. The molecule has 0 unspecified atom stereocenters. The minimum absolute atomic E-state index is 0.105. The van der Waals surface area contributed by atoms with Crippen molar-refractivity contribution in [2.75, 3.05) is 13.7 Å². The predicted octanol–water partition coefficient (Wildman–Crippen LogP) is 1.06. The van der Waals surface area contributed by atoms with E-state index in [-0.39, 0.29) is 16.8 Å². The van der Waals surface area contributed by atoms with E-state index in [0.717, 1.165) is 4.68 Å². The van der Waals surface area contributed by atoms with Crippen molar-refractivity contribution in [2.24, 2.45) is 7.05 Å². The normalized spacial score (nSPS) is 10.4. The van der Waals surface area contributed by atoms with Crippen molar-refractivity contribution in [1.82, 2.24) is 15.1 Å². The van der Waals surface area contributed by atoms with Crippen molar-refractivity contribution < 1.29 is 23.9 Å². The van der Waals surface area contributed by atoms with Crippen LogP contribution in [0, 0.1) is 0 Å². The van der Waals surface area contributed by atoms with Crippen LogP contribution >= 0.6 is 0 Å². The number of hydrogen-bond acceptors (Lipinski definition) is 7. The molecule has 148 valence electrons. The number of fused-ring (bicyclic) bond motifs is 1. The Labute approximate surface area is 164 Å². The molecular weight excluding hydrogens is 378 g/mol. The molecule has 1 aromatic heterocycles. The molecule has 0 radical (unpaired) electrons. The van der Waals surface area contributed by atoms with Gasteiger partial charge in [-0.1, -0.05) is 30.3 Å². The van der Waals surface area contributed by atoms with Crippen molar-refractivity contribution in [2.45, 2.75) is 0 Å². The number of methoxy groups -OCH3 is 1. The van der Waals surface area contributed by atoms with Crippen molar-refractivity contribution in [1.29, 1.82) is 0 Å². The lowest BCUT2D eigenvalue weighted by Crippen LogP contribution is -2.34. The lowest BCUT2D eigenvalue weighted by molar-refractivity contribution is -0.123. The van der Waals surface area contributed by atoms with Crippen LogP contribution < -0.4 is 15.6 Å². The van der Waals surface area contributed by atoms with Gasteiger partial charge in [-0.25, -0.2) is 9.48 Å². The highest BCUT2D eigenvalue weighted by molar-refractivity contribution is 6.07. The highest BCUT2D eigenvalue weighted by atomic mass is 16.5. The zero-order chi connectivity index (χ0) is 21.0. The molecule has 0 aliphatic heterocycles. The van der Waals surface area contributed by atoms with E-state index >= 15 is 0 Å². The molecule has 1 heterocycles. The summed E-state index contributed by atoms with van der Waals surface area (Å²) in [7, 11) is 2.81. The highest BCUT2D eigenvalue weighted by Crippen LogP contribution is 2.17. The van der Waals surface area contributed by atoms with Gasteiger partial charge in [0, 0.05) is 12.4 Å². The molecule has 29 heavy (non-hydrogen) atoms. The van der Waals surface area contributed by atoms with Crippen LogP contribution in [0.1, 0.15) is 20.8 Å². The van der Waals surface area contributed by atoms with Crippen LogP contribution in [0.3, 0.4) is 0 Å². The molecule has 0 bridgehead atoms. The topological polar surface area (TPSA) is 117 Å². The van der Waals surface area contributed by atoms with E-state index in [1.165, 1.54) is 20.2 Å². The Bertz CT molecular complexity index is 1170. The molecule has 0 fully saturated rings. The zero-order valence-corrected chi connectivity index (χ0v) is 15.7. The van der Waals surface area contributed by atoms with Gasteiger partial charge in [-0.05, 0) is 18.2 Å². The van der Waals surface area contributed by atoms with Crippen LogP contribution in [0.5, 0.6) is 5.75 Å². The number of hydrogen-bond donors (Lipinski definition) is 1. The standard InChI is InChI=1S/C20H17N3O6/c1-23-19(26)13-8-4-3-7-12(13)17(22-23)20(27)29-11-16(24)21-18(25)14-9-5-6-10-15(14)28-2/h3-10H,11H2,1-2H3,(H,21,24,25). The Hall–Kier alpha value is -4.01. The summed E-state index contributed by atoms with van der Waals surface area (Å²) in [6.45, 7) is -0.696. The first kappa shape index (κ1) is 19.7. The Balaban J connectivity index is 1.71. The summed E-state index contributed by atoms with van der Waals surface area (Å²) in [6, 6.07) is 12.8. The summed E-state index contributed by atoms with van der Waals surface area (Å²) >= 11 is 0. The van der Waals surface area contributed by atoms with E-state index in [1.807, 2.05) is 0 Å². The van der Waals surface area contributed by atoms with Gasteiger partial charge in [-0.2, -0.15) is 5.10 Å². The minimum atomic E-state index is -0.892. The van der Waals surface area contributed by atoms with E-state index < -0.39 is 24.4 Å². The average molecular weight is 395 g/mol. The quantitative estimate of drug-likeness (QED) is 0.642. The largest absolute Gasteiger partial charge is 0.496 e. The maximum Gasteiger partial charge on any atom is 0.359 e. The number of esters is 1. The number of benzene rings is 2. The molecular formula is C20H17N3O6. The number of aryl methyl sites for hydroxylation is 1. The first-order valence-corrected chi connectivity index (χ1v) is 8.52. The van der Waals surface area contributed by atoms with Crippen LogP contribution in [0.15, 0.2) is 53.3 Å². The van der Waals surface area contributed by atoms with E-state index in [4.69, 9.17) is 9.47 Å². The molecule has 0 spiro atoms. The fraction of sp³-hybridized carbons (Fsp3) is 0.150. The fourth-order valence-electron chi connectivity index (χ4n) is 2.71. The van der Waals surface area contributed by atoms with Gasteiger partial charge in [-0.15, -0.1) is 0 Å².